The fraction of sp³-hybridized carbons (Fsp3) is 1.00. The molecule has 0 radical (unpaired) electrons. The zero-order chi connectivity index (χ0) is 16.3. The lowest BCUT2D eigenvalue weighted by Gasteiger charge is -2.60. The van der Waals surface area contributed by atoms with Gasteiger partial charge in [0.2, 0.25) is 0 Å². The molecule has 2 aliphatic carbocycles. The van der Waals surface area contributed by atoms with Gasteiger partial charge in [-0.1, -0.05) is 20.8 Å². The molecule has 2 saturated heterocycles. The summed E-state index contributed by atoms with van der Waals surface area (Å²) in [5.41, 5.74) is 1.30. The van der Waals surface area contributed by atoms with E-state index in [0.29, 0.717) is 23.0 Å². The van der Waals surface area contributed by atoms with Crippen LogP contribution in [0.2, 0.25) is 0 Å². The molecule has 2 heterocycles. The molecule has 1 unspecified atom stereocenters. The fourth-order valence-corrected chi connectivity index (χ4v) is 5.90. The van der Waals surface area contributed by atoms with Crippen molar-refractivity contribution in [3.8, 4) is 0 Å². The summed E-state index contributed by atoms with van der Waals surface area (Å²) >= 11 is 0. The van der Waals surface area contributed by atoms with Gasteiger partial charge in [0.25, 0.3) is 0 Å². The quantitative estimate of drug-likeness (QED) is 0.683. The van der Waals surface area contributed by atoms with Crippen LogP contribution >= 0.6 is 0 Å². The molecule has 4 aliphatic rings. The average Bonchev–Trinajstić information content (AvgIpc) is 2.55. The number of hydrogen-bond acceptors (Lipinski definition) is 2. The Kier molecular flexibility index (Phi) is 3.89. The van der Waals surface area contributed by atoms with Crippen LogP contribution in [0.25, 0.3) is 0 Å². The van der Waals surface area contributed by atoms with Gasteiger partial charge in [-0.25, -0.2) is 0 Å². The number of hydrogen-bond donors (Lipinski definition) is 0. The van der Waals surface area contributed by atoms with Gasteiger partial charge in [-0.05, 0) is 76.0 Å². The summed E-state index contributed by atoms with van der Waals surface area (Å²) < 4.78 is 12.3. The molecule has 0 aromatic rings. The van der Waals surface area contributed by atoms with Gasteiger partial charge in [0.05, 0.1) is 24.4 Å². The van der Waals surface area contributed by atoms with Crippen LogP contribution in [-0.4, -0.2) is 24.4 Å². The fourth-order valence-electron chi connectivity index (χ4n) is 5.90. The van der Waals surface area contributed by atoms with Crippen molar-refractivity contribution in [1.82, 2.24) is 0 Å². The lowest BCUT2D eigenvalue weighted by molar-refractivity contribution is -0.281. The monoisotopic (exact) mass is 320 g/mol. The highest BCUT2D eigenvalue weighted by Gasteiger charge is 2.56. The van der Waals surface area contributed by atoms with Crippen LogP contribution in [0.15, 0.2) is 0 Å². The van der Waals surface area contributed by atoms with E-state index < -0.39 is 0 Å². The van der Waals surface area contributed by atoms with Crippen LogP contribution in [0.4, 0.5) is 0 Å². The van der Waals surface area contributed by atoms with E-state index in [9.17, 15) is 0 Å². The van der Waals surface area contributed by atoms with Gasteiger partial charge in [0.1, 0.15) is 0 Å². The molecular weight excluding hydrogens is 284 g/mol. The lowest BCUT2D eigenvalue weighted by Crippen LogP contribution is -2.61. The Labute approximate surface area is 142 Å². The molecule has 132 valence electrons. The maximum Gasteiger partial charge on any atom is 0.0736 e. The first kappa shape index (κ1) is 16.4. The topological polar surface area (TPSA) is 18.5 Å². The van der Waals surface area contributed by atoms with E-state index in [2.05, 4.69) is 27.7 Å². The van der Waals surface area contributed by atoms with Crippen LogP contribution in [0.1, 0.15) is 85.5 Å². The van der Waals surface area contributed by atoms with Crippen molar-refractivity contribution < 1.29 is 9.47 Å². The first-order valence-electron chi connectivity index (χ1n) is 10.2. The Morgan fingerprint density at radius 3 is 2.04 bits per heavy atom. The molecule has 4 rings (SSSR count). The third-order valence-corrected chi connectivity index (χ3v) is 8.52. The van der Waals surface area contributed by atoms with Gasteiger partial charge in [-0.2, -0.15) is 0 Å². The van der Waals surface area contributed by atoms with Gasteiger partial charge in [0, 0.05) is 11.3 Å². The molecule has 0 amide bonds. The summed E-state index contributed by atoms with van der Waals surface area (Å²) in [5, 5.41) is 0. The van der Waals surface area contributed by atoms with Gasteiger partial charge in [0.15, 0.2) is 0 Å². The predicted octanol–water partition coefficient (Wildman–Crippen LogP) is 5.35. The first-order valence-corrected chi connectivity index (χ1v) is 10.2. The molecule has 2 spiro atoms. The summed E-state index contributed by atoms with van der Waals surface area (Å²) in [4.78, 5) is 0. The summed E-state index contributed by atoms with van der Waals surface area (Å²) in [6.07, 6.45) is 13.1. The second-order valence-electron chi connectivity index (χ2n) is 10.0. The SMILES string of the molecule is CC1CCC2(CC1)OC(CC1(C)CCC3(CC1)CO[C@@H]3C)[C@@H]2C. The normalized spacial score (nSPS) is 56.3. The first-order chi connectivity index (χ1) is 10.9. The zero-order valence-electron chi connectivity index (χ0n) is 15.7. The molecule has 2 heteroatoms. The van der Waals surface area contributed by atoms with Gasteiger partial charge < -0.3 is 9.47 Å². The summed E-state index contributed by atoms with van der Waals surface area (Å²) in [7, 11) is 0. The van der Waals surface area contributed by atoms with Gasteiger partial charge in [-0.15, -0.1) is 0 Å². The van der Waals surface area contributed by atoms with Crippen LogP contribution in [0.5, 0.6) is 0 Å². The summed E-state index contributed by atoms with van der Waals surface area (Å²) in [6.45, 7) is 10.7. The molecule has 2 aliphatic heterocycles. The molecule has 0 aromatic carbocycles. The van der Waals surface area contributed by atoms with Crippen molar-refractivity contribution in [3.05, 3.63) is 0 Å². The minimum Gasteiger partial charge on any atom is -0.377 e. The van der Waals surface area contributed by atoms with E-state index in [1.54, 1.807) is 0 Å². The second-order valence-corrected chi connectivity index (χ2v) is 10.0. The second kappa shape index (κ2) is 5.46. The van der Waals surface area contributed by atoms with E-state index in [0.717, 1.165) is 18.4 Å². The summed E-state index contributed by atoms with van der Waals surface area (Å²) in [5.74, 6) is 1.68. The van der Waals surface area contributed by atoms with Crippen molar-refractivity contribution in [3.63, 3.8) is 0 Å². The number of rotatable bonds is 2. The molecule has 3 atom stereocenters. The molecule has 0 bridgehead atoms. The van der Waals surface area contributed by atoms with Crippen LogP contribution in [0.3, 0.4) is 0 Å². The van der Waals surface area contributed by atoms with Crippen molar-refractivity contribution in [2.75, 3.05) is 6.61 Å². The Bertz CT molecular complexity index is 441. The maximum absolute atomic E-state index is 6.58. The molecular formula is C21H36O2. The van der Waals surface area contributed by atoms with Crippen LogP contribution < -0.4 is 0 Å². The van der Waals surface area contributed by atoms with Crippen LogP contribution in [-0.2, 0) is 9.47 Å². The van der Waals surface area contributed by atoms with E-state index in [4.69, 9.17) is 9.47 Å². The Morgan fingerprint density at radius 1 is 0.913 bits per heavy atom. The average molecular weight is 321 g/mol. The largest absolute Gasteiger partial charge is 0.377 e. The summed E-state index contributed by atoms with van der Waals surface area (Å²) in [6, 6.07) is 0. The molecule has 0 aromatic heterocycles. The smallest absolute Gasteiger partial charge is 0.0736 e. The molecule has 2 saturated carbocycles. The third kappa shape index (κ3) is 2.59. The lowest BCUT2D eigenvalue weighted by atomic mass is 9.57. The minimum atomic E-state index is 0.264. The number of ether oxygens (including phenoxy) is 2. The van der Waals surface area contributed by atoms with Crippen LogP contribution in [0, 0.1) is 22.7 Å². The van der Waals surface area contributed by atoms with Crippen molar-refractivity contribution >= 4 is 0 Å². The van der Waals surface area contributed by atoms with Crippen molar-refractivity contribution in [1.29, 1.82) is 0 Å². The predicted molar refractivity (Wildman–Crippen MR) is 93.4 cm³/mol. The van der Waals surface area contributed by atoms with E-state index >= 15 is 0 Å². The highest BCUT2D eigenvalue weighted by atomic mass is 16.5. The minimum absolute atomic E-state index is 0.264. The van der Waals surface area contributed by atoms with E-state index in [1.165, 1.54) is 57.8 Å². The Balaban J connectivity index is 1.31. The molecule has 2 nitrogen and oxygen atoms in total. The standard InChI is InChI=1S/C21H36O2/c1-15-5-7-21(8-6-15)16(2)18(23-21)13-19(4)9-11-20(12-10-19)14-22-17(20)3/h15-18H,5-14H2,1-4H3/t15?,16-,17+,18?,19?,20?,21?/m0/s1. The van der Waals surface area contributed by atoms with Crippen molar-refractivity contribution in [2.24, 2.45) is 22.7 Å². The zero-order valence-corrected chi connectivity index (χ0v) is 15.7. The van der Waals surface area contributed by atoms with Crippen molar-refractivity contribution in [2.45, 2.75) is 103 Å². The third-order valence-electron chi connectivity index (χ3n) is 8.52. The van der Waals surface area contributed by atoms with Gasteiger partial charge in [-0.3, -0.25) is 0 Å². The molecule has 4 fully saturated rings. The van der Waals surface area contributed by atoms with E-state index in [1.807, 2.05) is 0 Å². The maximum atomic E-state index is 6.58. The highest BCUT2D eigenvalue weighted by Crippen LogP contribution is 2.57. The molecule has 23 heavy (non-hydrogen) atoms. The Morgan fingerprint density at radius 2 is 1.57 bits per heavy atom. The van der Waals surface area contributed by atoms with Gasteiger partial charge >= 0.3 is 0 Å². The molecule has 0 N–H and O–H groups in total. The Hall–Kier alpha value is -0.0800. The highest BCUT2D eigenvalue weighted by molar-refractivity contribution is 5.05. The van der Waals surface area contributed by atoms with E-state index in [-0.39, 0.29) is 5.60 Å².